The molecule has 2 aliphatic rings. The molecule has 0 bridgehead atoms. The number of carbonyl (C=O) groups excluding carboxylic acids is 1. The summed E-state index contributed by atoms with van der Waals surface area (Å²) >= 11 is 0. The Labute approximate surface area is 181 Å². The summed E-state index contributed by atoms with van der Waals surface area (Å²) in [5, 5.41) is 22.4. The van der Waals surface area contributed by atoms with Crippen LogP contribution in [0.3, 0.4) is 0 Å². The maximum atomic E-state index is 12.9. The lowest BCUT2D eigenvalue weighted by Crippen LogP contribution is -2.57. The summed E-state index contributed by atoms with van der Waals surface area (Å²) in [6, 6.07) is 6.46. The van der Waals surface area contributed by atoms with Gasteiger partial charge in [0.15, 0.2) is 5.72 Å². The van der Waals surface area contributed by atoms with Crippen LogP contribution in [0, 0.1) is 11.8 Å². The summed E-state index contributed by atoms with van der Waals surface area (Å²) in [5.41, 5.74) is 4.93. The minimum Gasteiger partial charge on any atom is -0.481 e. The molecule has 1 aromatic rings. The van der Waals surface area contributed by atoms with Gasteiger partial charge in [-0.05, 0) is 50.4 Å². The van der Waals surface area contributed by atoms with E-state index in [1.807, 2.05) is 0 Å². The van der Waals surface area contributed by atoms with Crippen LogP contribution in [0.15, 0.2) is 24.3 Å². The van der Waals surface area contributed by atoms with Crippen LogP contribution in [0.4, 0.5) is 5.69 Å². The first-order valence-corrected chi connectivity index (χ1v) is 10.8. The van der Waals surface area contributed by atoms with E-state index in [4.69, 9.17) is 10.5 Å². The number of para-hydroxylation sites is 2. The van der Waals surface area contributed by atoms with Crippen molar-refractivity contribution in [3.8, 4) is 5.75 Å². The van der Waals surface area contributed by atoms with Gasteiger partial charge in [0, 0.05) is 0 Å². The molecule has 1 saturated heterocycles. The minimum absolute atomic E-state index is 0.207. The molecule has 5 N–H and O–H groups in total. The number of unbranched alkanes of at least 4 members (excludes halogenated alkanes) is 1. The second kappa shape index (κ2) is 10.1. The van der Waals surface area contributed by atoms with Crippen LogP contribution in [0.1, 0.15) is 44.9 Å². The van der Waals surface area contributed by atoms with E-state index in [2.05, 4.69) is 5.32 Å². The van der Waals surface area contributed by atoms with E-state index in [0.717, 1.165) is 43.7 Å². The fraction of sp³-hybridized carbons (Fsp3) is 0.591. The number of anilines is 1. The van der Waals surface area contributed by atoms with Gasteiger partial charge < -0.3 is 20.3 Å². The molecule has 1 amide bonds. The highest BCUT2D eigenvalue weighted by molar-refractivity contribution is 6.00. The van der Waals surface area contributed by atoms with Gasteiger partial charge in [0.05, 0.1) is 12.1 Å². The van der Waals surface area contributed by atoms with Crippen molar-refractivity contribution in [1.29, 1.82) is 0 Å². The van der Waals surface area contributed by atoms with Gasteiger partial charge in [0.25, 0.3) is 0 Å². The van der Waals surface area contributed by atoms with E-state index in [9.17, 15) is 24.6 Å². The van der Waals surface area contributed by atoms with Crippen molar-refractivity contribution in [3.63, 3.8) is 0 Å². The normalized spacial score (nSPS) is 22.9. The van der Waals surface area contributed by atoms with Crippen molar-refractivity contribution in [3.05, 3.63) is 24.3 Å². The Hall–Kier alpha value is -2.65. The molecule has 0 radical (unpaired) electrons. The zero-order chi connectivity index (χ0) is 22.4. The summed E-state index contributed by atoms with van der Waals surface area (Å²) in [6.45, 7) is 1.50. The highest BCUT2D eigenvalue weighted by Gasteiger charge is 2.47. The Morgan fingerprint density at radius 1 is 1.23 bits per heavy atom. The summed E-state index contributed by atoms with van der Waals surface area (Å²) in [4.78, 5) is 37.4. The second-order valence-electron chi connectivity index (χ2n) is 8.44. The molecule has 2 aliphatic heterocycles. The van der Waals surface area contributed by atoms with Crippen LogP contribution in [-0.4, -0.2) is 53.4 Å². The topological polar surface area (TPSA) is 142 Å². The van der Waals surface area contributed by atoms with Gasteiger partial charge in [-0.1, -0.05) is 31.4 Å². The highest BCUT2D eigenvalue weighted by atomic mass is 16.5. The summed E-state index contributed by atoms with van der Waals surface area (Å²) < 4.78 is 5.93. The molecule has 2 atom stereocenters. The summed E-state index contributed by atoms with van der Waals surface area (Å²) in [7, 11) is 0. The predicted octanol–water partition coefficient (Wildman–Crippen LogP) is 1.80. The molecule has 0 unspecified atom stereocenters. The molecule has 0 aliphatic carbocycles. The Balaban J connectivity index is 1.73. The Kier molecular flexibility index (Phi) is 7.50. The largest absolute Gasteiger partial charge is 0.481 e. The lowest BCUT2D eigenvalue weighted by molar-refractivity contribution is -0.152. The van der Waals surface area contributed by atoms with Crippen molar-refractivity contribution in [2.45, 2.75) is 50.7 Å². The number of nitrogens with two attached hydrogens (primary N) is 1. The average molecular weight is 434 g/mol. The zero-order valence-corrected chi connectivity index (χ0v) is 17.6. The van der Waals surface area contributed by atoms with E-state index in [1.54, 1.807) is 24.3 Å². The zero-order valence-electron chi connectivity index (χ0n) is 17.6. The van der Waals surface area contributed by atoms with Crippen LogP contribution in [-0.2, 0) is 14.4 Å². The number of aliphatic carboxylic acids is 2. The van der Waals surface area contributed by atoms with Crippen LogP contribution in [0.25, 0.3) is 0 Å². The van der Waals surface area contributed by atoms with Crippen molar-refractivity contribution < 1.29 is 29.3 Å². The van der Waals surface area contributed by atoms with Gasteiger partial charge in [-0.25, -0.2) is 0 Å². The van der Waals surface area contributed by atoms with Crippen molar-refractivity contribution >= 4 is 23.5 Å². The molecule has 0 saturated carbocycles. The maximum Gasteiger partial charge on any atom is 0.323 e. The fourth-order valence-corrected chi connectivity index (χ4v) is 4.50. The van der Waals surface area contributed by atoms with Gasteiger partial charge in [0.1, 0.15) is 18.2 Å². The van der Waals surface area contributed by atoms with Gasteiger partial charge in [-0.15, -0.1) is 0 Å². The number of carboxylic acids is 2. The van der Waals surface area contributed by atoms with E-state index in [0.29, 0.717) is 12.3 Å². The van der Waals surface area contributed by atoms with Crippen molar-refractivity contribution in [1.82, 2.24) is 5.32 Å². The molecule has 2 heterocycles. The lowest BCUT2D eigenvalue weighted by Gasteiger charge is -2.33. The van der Waals surface area contributed by atoms with Gasteiger partial charge in [-0.2, -0.15) is 0 Å². The van der Waals surface area contributed by atoms with E-state index in [1.165, 1.54) is 0 Å². The van der Waals surface area contributed by atoms with Crippen LogP contribution in [0.2, 0.25) is 0 Å². The van der Waals surface area contributed by atoms with Crippen LogP contribution in [0.5, 0.6) is 5.75 Å². The first kappa shape index (κ1) is 23.0. The Bertz CT molecular complexity index is 810. The molecule has 170 valence electrons. The quantitative estimate of drug-likeness (QED) is 0.432. The number of amides is 1. The Morgan fingerprint density at radius 2 is 1.94 bits per heavy atom. The number of ether oxygens (including phenoxy) is 1. The highest BCUT2D eigenvalue weighted by Crippen LogP contribution is 2.38. The molecular formula is C22H31N3O6. The summed E-state index contributed by atoms with van der Waals surface area (Å²) in [5.74, 6) is -3.11. The van der Waals surface area contributed by atoms with Crippen molar-refractivity contribution in [2.75, 3.05) is 24.5 Å². The molecule has 31 heavy (non-hydrogen) atoms. The van der Waals surface area contributed by atoms with E-state index in [-0.39, 0.29) is 17.9 Å². The number of piperidine rings is 1. The number of nitrogens with one attached hydrogen (secondary N) is 1. The van der Waals surface area contributed by atoms with Crippen LogP contribution < -0.4 is 20.7 Å². The number of nitrogens with zero attached hydrogens (tertiary/aromatic N) is 1. The number of hydrogen-bond donors (Lipinski definition) is 4. The predicted molar refractivity (Wildman–Crippen MR) is 114 cm³/mol. The molecule has 0 spiro atoms. The number of fused-ring (bicyclic) bond motifs is 1. The Morgan fingerprint density at radius 3 is 2.61 bits per heavy atom. The molecular weight excluding hydrogens is 402 g/mol. The third-order valence-electron chi connectivity index (χ3n) is 6.18. The smallest absolute Gasteiger partial charge is 0.323 e. The molecule has 9 heteroatoms. The van der Waals surface area contributed by atoms with Crippen LogP contribution >= 0.6 is 0 Å². The number of carbonyl (C=O) groups is 3. The lowest BCUT2D eigenvalue weighted by atomic mass is 9.86. The van der Waals surface area contributed by atoms with Crippen molar-refractivity contribution in [2.24, 2.45) is 17.6 Å². The molecule has 0 aromatic heterocycles. The van der Waals surface area contributed by atoms with E-state index >= 15 is 0 Å². The third-order valence-corrected chi connectivity index (χ3v) is 6.18. The first-order chi connectivity index (χ1) is 14.8. The average Bonchev–Trinajstić information content (AvgIpc) is 2.82. The SMILES string of the molecule is N[C@@]1([C@@H](CCCCC2CCNCC2)C(=O)O)CC(=O)N(CC(=O)O)c2ccccc2O1. The first-order valence-electron chi connectivity index (χ1n) is 10.8. The fourth-order valence-electron chi connectivity index (χ4n) is 4.50. The number of rotatable bonds is 9. The maximum absolute atomic E-state index is 12.9. The third kappa shape index (κ3) is 5.74. The summed E-state index contributed by atoms with van der Waals surface area (Å²) in [6.07, 6.45) is 4.73. The standard InChI is InChI=1S/C22H31N3O6/c23-22(16(21(29)30)6-2-1-5-15-9-11-24-12-10-15)13-19(26)25(14-20(27)28)17-7-3-4-8-18(17)31-22/h3-4,7-8,15-16,24H,1-2,5-6,9-14,23H2,(H,27,28)(H,29,30)/t16-,22-/m0/s1. The van der Waals surface area contributed by atoms with Gasteiger partial charge >= 0.3 is 11.9 Å². The monoisotopic (exact) mass is 433 g/mol. The number of hydrogen-bond acceptors (Lipinski definition) is 6. The molecule has 1 fully saturated rings. The molecule has 9 nitrogen and oxygen atoms in total. The van der Waals surface area contributed by atoms with E-state index < -0.39 is 42.5 Å². The minimum atomic E-state index is -1.76. The molecule has 1 aromatic carbocycles. The second-order valence-corrected chi connectivity index (χ2v) is 8.44. The number of carboxylic acid groups (broad SMARTS) is 2. The number of benzene rings is 1. The van der Waals surface area contributed by atoms with Gasteiger partial charge in [0.2, 0.25) is 5.91 Å². The molecule has 3 rings (SSSR count). The van der Waals surface area contributed by atoms with Gasteiger partial charge in [-0.3, -0.25) is 25.0 Å².